The van der Waals surface area contributed by atoms with Crippen LogP contribution in [0.1, 0.15) is 45.4 Å². The van der Waals surface area contributed by atoms with Gasteiger partial charge in [0.25, 0.3) is 0 Å². The van der Waals surface area contributed by atoms with Crippen LogP contribution in [0.15, 0.2) is 0 Å². The first kappa shape index (κ1) is 15.4. The van der Waals surface area contributed by atoms with E-state index in [0.717, 1.165) is 17.8 Å². The molecule has 5 aliphatic rings. The maximum atomic E-state index is 12.4. The highest BCUT2D eigenvalue weighted by atomic mass is 16.2. The third-order valence-electron chi connectivity index (χ3n) is 6.95. The molecule has 0 aromatic heterocycles. The highest BCUT2D eigenvalue weighted by molar-refractivity contribution is 5.86. The zero-order valence-electron chi connectivity index (χ0n) is 14.1. The molecule has 1 aliphatic heterocycles. The van der Waals surface area contributed by atoms with E-state index < -0.39 is 0 Å². The van der Waals surface area contributed by atoms with Crippen LogP contribution in [0, 0.1) is 23.2 Å². The maximum absolute atomic E-state index is 12.4. The molecular weight excluding hydrogens is 290 g/mol. The van der Waals surface area contributed by atoms with Gasteiger partial charge in [-0.2, -0.15) is 0 Å². The molecule has 1 heterocycles. The number of amides is 2. The molecule has 0 aromatic rings. The van der Waals surface area contributed by atoms with E-state index in [-0.39, 0.29) is 18.4 Å². The van der Waals surface area contributed by atoms with Crippen LogP contribution in [0.2, 0.25) is 0 Å². The number of nitrogens with zero attached hydrogens (tertiary/aromatic N) is 1. The van der Waals surface area contributed by atoms with Crippen molar-refractivity contribution in [3.63, 3.8) is 0 Å². The summed E-state index contributed by atoms with van der Waals surface area (Å²) >= 11 is 0. The van der Waals surface area contributed by atoms with Crippen molar-refractivity contribution in [1.29, 1.82) is 0 Å². The Labute approximate surface area is 138 Å². The number of carbonyl (C=O) groups excluding carboxylic acids is 2. The first-order valence-corrected chi connectivity index (χ1v) is 9.32. The smallest absolute Gasteiger partial charge is 0.239 e. The molecule has 5 heteroatoms. The van der Waals surface area contributed by atoms with E-state index >= 15 is 0 Å². The second kappa shape index (κ2) is 5.76. The van der Waals surface area contributed by atoms with Crippen LogP contribution in [0.3, 0.4) is 0 Å². The van der Waals surface area contributed by atoms with Crippen molar-refractivity contribution in [2.75, 3.05) is 26.2 Å². The number of nitrogens with one attached hydrogen (secondary N) is 2. The van der Waals surface area contributed by atoms with E-state index in [2.05, 4.69) is 17.6 Å². The molecule has 5 rings (SSSR count). The maximum Gasteiger partial charge on any atom is 0.239 e. The van der Waals surface area contributed by atoms with E-state index in [9.17, 15) is 9.59 Å². The van der Waals surface area contributed by atoms with Gasteiger partial charge < -0.3 is 15.5 Å². The fraction of sp³-hybridized carbons (Fsp3) is 0.889. The Morgan fingerprint density at radius 3 is 2.43 bits per heavy atom. The number of rotatable bonds is 4. The Bertz CT molecular complexity index is 469. The van der Waals surface area contributed by atoms with Gasteiger partial charge in [0, 0.05) is 19.1 Å². The first-order chi connectivity index (χ1) is 11.0. The largest absolute Gasteiger partial charge is 0.353 e. The van der Waals surface area contributed by atoms with Crippen molar-refractivity contribution < 1.29 is 9.59 Å². The summed E-state index contributed by atoms with van der Waals surface area (Å²) in [5, 5.41) is 6.30. The summed E-state index contributed by atoms with van der Waals surface area (Å²) in [6.45, 7) is 4.08. The van der Waals surface area contributed by atoms with Crippen LogP contribution in [-0.4, -0.2) is 48.9 Å². The first-order valence-electron chi connectivity index (χ1n) is 9.32. The Balaban J connectivity index is 1.34. The minimum Gasteiger partial charge on any atom is -0.353 e. The summed E-state index contributed by atoms with van der Waals surface area (Å²) in [6, 6.07) is 0.401. The molecule has 2 amide bonds. The average Bonchev–Trinajstić information content (AvgIpc) is 2.51. The van der Waals surface area contributed by atoms with Crippen LogP contribution >= 0.6 is 0 Å². The Morgan fingerprint density at radius 2 is 1.87 bits per heavy atom. The van der Waals surface area contributed by atoms with Crippen molar-refractivity contribution in [3.8, 4) is 0 Å². The molecule has 4 bridgehead atoms. The van der Waals surface area contributed by atoms with Gasteiger partial charge in [-0.1, -0.05) is 0 Å². The minimum atomic E-state index is -0.0428. The normalized spacial score (nSPS) is 40.1. The van der Waals surface area contributed by atoms with E-state index in [1.807, 2.05) is 0 Å². The molecule has 4 saturated carbocycles. The Kier molecular flexibility index (Phi) is 3.87. The third kappa shape index (κ3) is 2.88. The summed E-state index contributed by atoms with van der Waals surface area (Å²) in [4.78, 5) is 25.5. The van der Waals surface area contributed by atoms with Gasteiger partial charge in [-0.3, -0.25) is 9.59 Å². The van der Waals surface area contributed by atoms with Gasteiger partial charge in [-0.05, 0) is 68.6 Å². The molecule has 0 unspecified atom stereocenters. The molecule has 0 spiro atoms. The highest BCUT2D eigenvalue weighted by Gasteiger charge is 2.53. The summed E-state index contributed by atoms with van der Waals surface area (Å²) in [7, 11) is 0. The molecule has 2 N–H and O–H groups in total. The van der Waals surface area contributed by atoms with Gasteiger partial charge in [0.15, 0.2) is 0 Å². The quantitative estimate of drug-likeness (QED) is 0.817. The van der Waals surface area contributed by atoms with Crippen molar-refractivity contribution in [2.45, 2.75) is 51.5 Å². The zero-order chi connectivity index (χ0) is 16.0. The van der Waals surface area contributed by atoms with E-state index in [0.29, 0.717) is 31.1 Å². The second-order valence-corrected chi connectivity index (χ2v) is 8.55. The fourth-order valence-corrected chi connectivity index (χ4v) is 6.13. The van der Waals surface area contributed by atoms with Crippen molar-refractivity contribution in [1.82, 2.24) is 15.5 Å². The predicted octanol–water partition coefficient (Wildman–Crippen LogP) is 1.14. The molecule has 1 atom stereocenters. The van der Waals surface area contributed by atoms with Gasteiger partial charge in [0.05, 0.1) is 13.1 Å². The summed E-state index contributed by atoms with van der Waals surface area (Å²) in [6.07, 6.45) is 8.42. The third-order valence-corrected chi connectivity index (χ3v) is 6.95. The molecule has 0 aromatic carbocycles. The monoisotopic (exact) mass is 319 g/mol. The highest BCUT2D eigenvalue weighted by Crippen LogP contribution is 2.61. The number of piperazine rings is 1. The van der Waals surface area contributed by atoms with Gasteiger partial charge in [-0.25, -0.2) is 0 Å². The second-order valence-electron chi connectivity index (χ2n) is 8.55. The summed E-state index contributed by atoms with van der Waals surface area (Å²) in [5.41, 5.74) is 0.425. The average molecular weight is 319 g/mol. The number of hydrogen-bond donors (Lipinski definition) is 2. The van der Waals surface area contributed by atoms with Crippen LogP contribution in [0.25, 0.3) is 0 Å². The Morgan fingerprint density at radius 1 is 1.26 bits per heavy atom. The van der Waals surface area contributed by atoms with Crippen molar-refractivity contribution in [2.24, 2.45) is 23.2 Å². The van der Waals surface area contributed by atoms with Crippen molar-refractivity contribution in [3.05, 3.63) is 0 Å². The van der Waals surface area contributed by atoms with Gasteiger partial charge in [-0.15, -0.1) is 0 Å². The predicted molar refractivity (Wildman–Crippen MR) is 87.7 cm³/mol. The molecule has 128 valence electrons. The van der Waals surface area contributed by atoms with E-state index in [4.69, 9.17) is 0 Å². The van der Waals surface area contributed by atoms with Crippen LogP contribution in [0.5, 0.6) is 0 Å². The standard InChI is InChI=1S/C18H29N3O2/c1-12(20-10-17(23)21-3-2-19-16(22)11-21)18-7-13-4-14(8-18)6-15(5-13)9-18/h12-15,20H,2-11H2,1H3,(H,19,22)/t12-,13?,14?,15?,18?/m0/s1. The van der Waals surface area contributed by atoms with Gasteiger partial charge in [0.1, 0.15) is 0 Å². The van der Waals surface area contributed by atoms with Crippen LogP contribution in [0.4, 0.5) is 0 Å². The van der Waals surface area contributed by atoms with Crippen LogP contribution in [-0.2, 0) is 9.59 Å². The lowest BCUT2D eigenvalue weighted by Crippen LogP contribution is -2.57. The lowest BCUT2D eigenvalue weighted by Gasteiger charge is -2.59. The minimum absolute atomic E-state index is 0.0428. The molecule has 1 saturated heterocycles. The topological polar surface area (TPSA) is 61.4 Å². The zero-order valence-corrected chi connectivity index (χ0v) is 14.1. The summed E-state index contributed by atoms with van der Waals surface area (Å²) < 4.78 is 0. The lowest BCUT2D eigenvalue weighted by molar-refractivity contribution is -0.138. The van der Waals surface area contributed by atoms with Crippen molar-refractivity contribution >= 4 is 11.8 Å². The number of hydrogen-bond acceptors (Lipinski definition) is 3. The molecular formula is C18H29N3O2. The molecule has 5 fully saturated rings. The molecule has 4 aliphatic carbocycles. The Hall–Kier alpha value is -1.10. The summed E-state index contributed by atoms with van der Waals surface area (Å²) in [5.74, 6) is 2.83. The van der Waals surface area contributed by atoms with Gasteiger partial charge in [0.2, 0.25) is 11.8 Å². The molecule has 0 radical (unpaired) electrons. The SMILES string of the molecule is C[C@H](NCC(=O)N1CCNC(=O)C1)C12CC3CC(CC(C3)C1)C2. The van der Waals surface area contributed by atoms with Gasteiger partial charge >= 0.3 is 0 Å². The lowest BCUT2D eigenvalue weighted by atomic mass is 9.48. The van der Waals surface area contributed by atoms with E-state index in [1.165, 1.54) is 38.5 Å². The van der Waals surface area contributed by atoms with Crippen LogP contribution < -0.4 is 10.6 Å². The fourth-order valence-electron chi connectivity index (χ4n) is 6.13. The molecule has 5 nitrogen and oxygen atoms in total. The number of carbonyl (C=O) groups is 2. The molecule has 23 heavy (non-hydrogen) atoms. The van der Waals surface area contributed by atoms with E-state index in [1.54, 1.807) is 4.90 Å².